The third-order valence-electron chi connectivity index (χ3n) is 2.53. The van der Waals surface area contributed by atoms with Crippen LogP contribution in [0.15, 0.2) is 48.6 Å². The molecular weight excluding hydrogens is 378 g/mol. The summed E-state index contributed by atoms with van der Waals surface area (Å²) in [5.41, 5.74) is 7.97. The molecule has 0 unspecified atom stereocenters. The van der Waals surface area contributed by atoms with Crippen molar-refractivity contribution < 1.29 is 8.94 Å². The number of nitrogen functional groups attached to an aromatic ring is 1. The smallest absolute Gasteiger partial charge is 0.260 e. The van der Waals surface area contributed by atoms with Crippen molar-refractivity contribution in [2.24, 2.45) is 0 Å². The Morgan fingerprint density at radius 3 is 2.79 bits per heavy atom. The van der Waals surface area contributed by atoms with Gasteiger partial charge in [0.25, 0.3) is 5.89 Å². The summed E-state index contributed by atoms with van der Waals surface area (Å²) in [5.74, 6) is 0.815. The topological polar surface area (TPSA) is 78.1 Å². The molecule has 0 amide bonds. The molecule has 1 aromatic carbocycles. The van der Waals surface area contributed by atoms with Gasteiger partial charge in [-0.2, -0.15) is 4.98 Å². The molecule has 2 aromatic heterocycles. The number of nitrogens with zero attached hydrogens (tertiary/aromatic N) is 2. The number of hydrogen-bond acceptors (Lipinski definition) is 5. The van der Waals surface area contributed by atoms with Crippen LogP contribution in [0.1, 0.15) is 0 Å². The summed E-state index contributed by atoms with van der Waals surface area (Å²) in [4.78, 5) is 4.31. The maximum absolute atomic E-state index is 6.00. The van der Waals surface area contributed by atoms with Crippen LogP contribution in [0.3, 0.4) is 0 Å². The molecule has 0 saturated carbocycles. The molecule has 0 aliphatic carbocycles. The van der Waals surface area contributed by atoms with E-state index in [1.54, 1.807) is 18.6 Å². The molecule has 0 fully saturated rings. The van der Waals surface area contributed by atoms with E-state index in [-0.39, 0.29) is 0 Å². The van der Waals surface area contributed by atoms with Crippen LogP contribution >= 0.6 is 31.9 Å². The predicted octanol–water partition coefficient (Wildman–Crippen LogP) is 4.10. The molecule has 0 radical (unpaired) electrons. The van der Waals surface area contributed by atoms with Gasteiger partial charge in [-0.3, -0.25) is 0 Å². The van der Waals surface area contributed by atoms with Gasteiger partial charge in [-0.15, -0.1) is 0 Å². The molecule has 96 valence electrons. The highest BCUT2D eigenvalue weighted by Crippen LogP contribution is 2.35. The van der Waals surface area contributed by atoms with Gasteiger partial charge >= 0.3 is 0 Å². The predicted molar refractivity (Wildman–Crippen MR) is 77.2 cm³/mol. The minimum Gasteiger partial charge on any atom is -0.472 e. The molecule has 3 rings (SSSR count). The lowest BCUT2D eigenvalue weighted by Crippen LogP contribution is -1.92. The van der Waals surface area contributed by atoms with Gasteiger partial charge in [-0.25, -0.2) is 0 Å². The van der Waals surface area contributed by atoms with E-state index in [0.29, 0.717) is 23.0 Å². The lowest BCUT2D eigenvalue weighted by atomic mass is 10.2. The summed E-state index contributed by atoms with van der Waals surface area (Å²) in [6.07, 6.45) is 3.10. The van der Waals surface area contributed by atoms with Crippen molar-refractivity contribution >= 4 is 37.5 Å². The lowest BCUT2D eigenvalue weighted by Gasteiger charge is -2.04. The van der Waals surface area contributed by atoms with Crippen LogP contribution in [0.25, 0.3) is 22.8 Å². The largest absolute Gasteiger partial charge is 0.472 e. The zero-order valence-corrected chi connectivity index (χ0v) is 12.6. The van der Waals surface area contributed by atoms with E-state index in [9.17, 15) is 0 Å². The molecular formula is C12H7Br2N3O2. The molecule has 0 aliphatic heterocycles. The molecule has 7 heteroatoms. The summed E-state index contributed by atoms with van der Waals surface area (Å²) in [6.45, 7) is 0. The molecule has 0 bridgehead atoms. The van der Waals surface area contributed by atoms with Crippen LogP contribution in [-0.2, 0) is 0 Å². The van der Waals surface area contributed by atoms with Crippen molar-refractivity contribution in [1.29, 1.82) is 0 Å². The highest BCUT2D eigenvalue weighted by atomic mass is 79.9. The first kappa shape index (κ1) is 12.4. The van der Waals surface area contributed by atoms with Crippen molar-refractivity contribution in [3.05, 3.63) is 39.7 Å². The first-order valence-electron chi connectivity index (χ1n) is 5.26. The van der Waals surface area contributed by atoms with Crippen molar-refractivity contribution in [2.45, 2.75) is 0 Å². The maximum Gasteiger partial charge on any atom is 0.260 e. The minimum absolute atomic E-state index is 0.357. The third-order valence-corrected chi connectivity index (χ3v) is 3.64. The van der Waals surface area contributed by atoms with E-state index in [1.165, 1.54) is 0 Å². The second-order valence-electron chi connectivity index (χ2n) is 3.78. The van der Waals surface area contributed by atoms with Crippen LogP contribution in [0.4, 0.5) is 5.69 Å². The number of anilines is 1. The van der Waals surface area contributed by atoms with Crippen molar-refractivity contribution in [1.82, 2.24) is 10.1 Å². The van der Waals surface area contributed by atoms with E-state index in [1.807, 2.05) is 12.1 Å². The average Bonchev–Trinajstić information content (AvgIpc) is 3.03. The van der Waals surface area contributed by atoms with Gasteiger partial charge in [0.2, 0.25) is 5.82 Å². The van der Waals surface area contributed by atoms with Gasteiger partial charge in [0.05, 0.1) is 23.1 Å². The van der Waals surface area contributed by atoms with Crippen LogP contribution in [0, 0.1) is 0 Å². The van der Waals surface area contributed by atoms with Gasteiger partial charge in [0.15, 0.2) is 0 Å². The zero-order valence-electron chi connectivity index (χ0n) is 9.43. The molecule has 0 aliphatic rings. The second-order valence-corrected chi connectivity index (χ2v) is 5.55. The molecule has 3 aromatic rings. The van der Waals surface area contributed by atoms with E-state index >= 15 is 0 Å². The standard InChI is InChI=1S/C12H7Br2N3O2/c13-7-3-8(10(15)9(14)4-7)12-16-11(17-19-12)6-1-2-18-5-6/h1-5H,15H2. The number of halogens is 2. The van der Waals surface area contributed by atoms with Gasteiger partial charge < -0.3 is 14.7 Å². The number of benzene rings is 1. The van der Waals surface area contributed by atoms with Crippen LogP contribution in [0.2, 0.25) is 0 Å². The molecule has 5 nitrogen and oxygen atoms in total. The minimum atomic E-state index is 0.357. The molecule has 0 spiro atoms. The second kappa shape index (κ2) is 4.82. The van der Waals surface area contributed by atoms with Gasteiger partial charge in [-0.1, -0.05) is 21.1 Å². The van der Waals surface area contributed by atoms with Crippen molar-refractivity contribution in [3.63, 3.8) is 0 Å². The number of furan rings is 1. The summed E-state index contributed by atoms with van der Waals surface area (Å²) >= 11 is 6.78. The summed E-state index contributed by atoms with van der Waals surface area (Å²) in [7, 11) is 0. The van der Waals surface area contributed by atoms with Gasteiger partial charge in [0, 0.05) is 8.95 Å². The number of nitrogens with two attached hydrogens (primary N) is 1. The summed E-state index contributed by atoms with van der Waals surface area (Å²) < 4.78 is 11.9. The van der Waals surface area contributed by atoms with E-state index in [2.05, 4.69) is 42.0 Å². The Bertz CT molecular complexity index is 723. The summed E-state index contributed by atoms with van der Waals surface area (Å²) in [5, 5.41) is 3.90. The van der Waals surface area contributed by atoms with E-state index in [4.69, 9.17) is 14.7 Å². The van der Waals surface area contributed by atoms with Crippen LogP contribution < -0.4 is 5.73 Å². The van der Waals surface area contributed by atoms with E-state index in [0.717, 1.165) is 14.5 Å². The highest BCUT2D eigenvalue weighted by Gasteiger charge is 2.16. The Labute approximate surface area is 125 Å². The number of hydrogen-bond donors (Lipinski definition) is 1. The Morgan fingerprint density at radius 1 is 1.21 bits per heavy atom. The fourth-order valence-corrected chi connectivity index (χ4v) is 2.83. The fraction of sp³-hybridized carbons (Fsp3) is 0. The fourth-order valence-electron chi connectivity index (χ4n) is 1.60. The number of rotatable bonds is 2. The molecule has 0 saturated heterocycles. The Balaban J connectivity index is 2.09. The van der Waals surface area contributed by atoms with E-state index < -0.39 is 0 Å². The Hall–Kier alpha value is -1.60. The quantitative estimate of drug-likeness (QED) is 0.673. The maximum atomic E-state index is 6.00. The SMILES string of the molecule is Nc1c(Br)cc(Br)cc1-c1nc(-c2ccoc2)no1. The monoisotopic (exact) mass is 383 g/mol. The molecule has 2 heterocycles. The zero-order chi connectivity index (χ0) is 13.4. The van der Waals surface area contributed by atoms with Crippen LogP contribution in [-0.4, -0.2) is 10.1 Å². The third kappa shape index (κ3) is 2.31. The summed E-state index contributed by atoms with van der Waals surface area (Å²) in [6, 6.07) is 5.44. The molecule has 2 N–H and O–H groups in total. The van der Waals surface area contributed by atoms with Crippen LogP contribution in [0.5, 0.6) is 0 Å². The Morgan fingerprint density at radius 2 is 2.05 bits per heavy atom. The normalized spacial score (nSPS) is 10.8. The highest BCUT2D eigenvalue weighted by molar-refractivity contribution is 9.11. The first-order chi connectivity index (χ1) is 9.15. The number of aromatic nitrogens is 2. The molecule has 0 atom stereocenters. The lowest BCUT2D eigenvalue weighted by molar-refractivity contribution is 0.432. The van der Waals surface area contributed by atoms with Gasteiger partial charge in [0.1, 0.15) is 6.26 Å². The van der Waals surface area contributed by atoms with Crippen molar-refractivity contribution in [3.8, 4) is 22.8 Å². The Kier molecular flexibility index (Phi) is 3.16. The van der Waals surface area contributed by atoms with Gasteiger partial charge in [-0.05, 0) is 34.1 Å². The first-order valence-corrected chi connectivity index (χ1v) is 6.85. The van der Waals surface area contributed by atoms with Crippen molar-refractivity contribution in [2.75, 3.05) is 5.73 Å². The molecule has 19 heavy (non-hydrogen) atoms. The average molecular weight is 385 g/mol.